The van der Waals surface area contributed by atoms with Crippen molar-refractivity contribution in [2.24, 2.45) is 0 Å². The lowest BCUT2D eigenvalue weighted by atomic mass is 10.1. The second-order valence-electron chi connectivity index (χ2n) is 8.21. The minimum absolute atomic E-state index is 0.0393. The van der Waals surface area contributed by atoms with Crippen molar-refractivity contribution >= 4 is 11.8 Å². The average Bonchev–Trinajstić information content (AvgIpc) is 2.76. The summed E-state index contributed by atoms with van der Waals surface area (Å²) < 4.78 is 5.75. The van der Waals surface area contributed by atoms with Crippen molar-refractivity contribution in [3.8, 4) is 5.75 Å². The second kappa shape index (κ2) is 12.1. The molecule has 0 saturated heterocycles. The van der Waals surface area contributed by atoms with Crippen molar-refractivity contribution in [3.05, 3.63) is 65.2 Å². The number of nitrogens with zero attached hydrogens (tertiary/aromatic N) is 1. The van der Waals surface area contributed by atoms with Gasteiger partial charge in [0.05, 0.1) is 6.61 Å². The van der Waals surface area contributed by atoms with Crippen LogP contribution in [0.25, 0.3) is 0 Å². The first-order valence-electron chi connectivity index (χ1n) is 11.2. The highest BCUT2D eigenvalue weighted by Crippen LogP contribution is 2.16. The molecule has 2 atom stereocenters. The van der Waals surface area contributed by atoms with E-state index in [-0.39, 0.29) is 17.9 Å². The monoisotopic (exact) mass is 424 g/mol. The van der Waals surface area contributed by atoms with Crippen molar-refractivity contribution in [2.75, 3.05) is 6.61 Å². The van der Waals surface area contributed by atoms with Crippen molar-refractivity contribution in [1.29, 1.82) is 0 Å². The fourth-order valence-electron chi connectivity index (χ4n) is 3.21. The second-order valence-corrected chi connectivity index (χ2v) is 8.21. The van der Waals surface area contributed by atoms with E-state index in [1.807, 2.05) is 76.2 Å². The lowest BCUT2D eigenvalue weighted by Gasteiger charge is -2.30. The number of carbonyl (C=O) groups is 2. The summed E-state index contributed by atoms with van der Waals surface area (Å²) in [4.78, 5) is 27.5. The molecule has 5 nitrogen and oxygen atoms in total. The van der Waals surface area contributed by atoms with Gasteiger partial charge in [0.15, 0.2) is 0 Å². The van der Waals surface area contributed by atoms with Crippen molar-refractivity contribution < 1.29 is 14.3 Å². The summed E-state index contributed by atoms with van der Waals surface area (Å²) in [5.74, 6) is 0.644. The van der Waals surface area contributed by atoms with Gasteiger partial charge < -0.3 is 15.0 Å². The summed E-state index contributed by atoms with van der Waals surface area (Å²) in [6.45, 7) is 10.7. The first-order valence-corrected chi connectivity index (χ1v) is 11.2. The summed E-state index contributed by atoms with van der Waals surface area (Å²) in [5.41, 5.74) is 3.34. The summed E-state index contributed by atoms with van der Waals surface area (Å²) in [6, 6.07) is 15.4. The summed E-state index contributed by atoms with van der Waals surface area (Å²) in [6.07, 6.45) is 1.77. The maximum atomic E-state index is 13.1. The topological polar surface area (TPSA) is 58.6 Å². The van der Waals surface area contributed by atoms with E-state index in [4.69, 9.17) is 4.74 Å². The van der Waals surface area contributed by atoms with E-state index in [0.717, 1.165) is 23.3 Å². The third-order valence-electron chi connectivity index (χ3n) is 5.59. The Morgan fingerprint density at radius 3 is 2.35 bits per heavy atom. The largest absolute Gasteiger partial charge is 0.494 e. The van der Waals surface area contributed by atoms with Crippen LogP contribution in [0.4, 0.5) is 0 Å². The molecule has 2 aromatic carbocycles. The Labute approximate surface area is 186 Å². The zero-order valence-corrected chi connectivity index (χ0v) is 19.5. The summed E-state index contributed by atoms with van der Waals surface area (Å²) >= 11 is 0. The number of hydrogen-bond acceptors (Lipinski definition) is 3. The van der Waals surface area contributed by atoms with Crippen molar-refractivity contribution in [2.45, 2.75) is 72.5 Å². The molecule has 31 heavy (non-hydrogen) atoms. The Morgan fingerprint density at radius 1 is 1.03 bits per heavy atom. The van der Waals surface area contributed by atoms with Gasteiger partial charge in [-0.1, -0.05) is 48.9 Å². The molecule has 168 valence electrons. The van der Waals surface area contributed by atoms with Gasteiger partial charge in [-0.25, -0.2) is 0 Å². The molecule has 0 aliphatic heterocycles. The van der Waals surface area contributed by atoms with Gasteiger partial charge in [-0.2, -0.15) is 0 Å². The Hall–Kier alpha value is -2.82. The fourth-order valence-corrected chi connectivity index (χ4v) is 3.21. The molecule has 0 spiro atoms. The maximum Gasteiger partial charge on any atom is 0.242 e. The maximum absolute atomic E-state index is 13.1. The van der Waals surface area contributed by atoms with Crippen molar-refractivity contribution in [3.63, 3.8) is 0 Å². The molecule has 1 N–H and O–H groups in total. The number of carbonyl (C=O) groups excluding carboxylic acids is 2. The Balaban J connectivity index is 2.01. The van der Waals surface area contributed by atoms with Crippen molar-refractivity contribution in [1.82, 2.24) is 10.2 Å². The molecule has 2 amide bonds. The van der Waals surface area contributed by atoms with Gasteiger partial charge in [-0.05, 0) is 63.8 Å². The first-order chi connectivity index (χ1) is 14.8. The van der Waals surface area contributed by atoms with Gasteiger partial charge in [0.1, 0.15) is 11.8 Å². The zero-order chi connectivity index (χ0) is 22.8. The Kier molecular flexibility index (Phi) is 9.57. The van der Waals surface area contributed by atoms with E-state index < -0.39 is 6.04 Å². The van der Waals surface area contributed by atoms with Gasteiger partial charge in [0.25, 0.3) is 0 Å². The number of rotatable bonds is 11. The predicted molar refractivity (Wildman–Crippen MR) is 125 cm³/mol. The highest BCUT2D eigenvalue weighted by Gasteiger charge is 2.26. The fraction of sp³-hybridized carbons (Fsp3) is 0.462. The van der Waals surface area contributed by atoms with Crippen LogP contribution < -0.4 is 10.1 Å². The van der Waals surface area contributed by atoms with Gasteiger partial charge in [-0.3, -0.25) is 9.59 Å². The van der Waals surface area contributed by atoms with E-state index in [1.54, 1.807) is 11.8 Å². The number of benzene rings is 2. The van der Waals surface area contributed by atoms with Crippen LogP contribution in [0.2, 0.25) is 0 Å². The van der Waals surface area contributed by atoms with Crippen LogP contribution in [0.1, 0.15) is 56.7 Å². The zero-order valence-electron chi connectivity index (χ0n) is 19.5. The van der Waals surface area contributed by atoms with Gasteiger partial charge in [0, 0.05) is 19.0 Å². The molecule has 2 aromatic rings. The van der Waals surface area contributed by atoms with Crippen LogP contribution in [-0.2, 0) is 16.1 Å². The highest BCUT2D eigenvalue weighted by molar-refractivity contribution is 5.87. The molecule has 0 fully saturated rings. The van der Waals surface area contributed by atoms with Crippen LogP contribution in [0.5, 0.6) is 5.75 Å². The number of aryl methyl sites for hydroxylation is 2. The lowest BCUT2D eigenvalue weighted by molar-refractivity contribution is -0.141. The molecular weight excluding hydrogens is 388 g/mol. The van der Waals surface area contributed by atoms with E-state index in [1.165, 1.54) is 5.56 Å². The molecular formula is C26H36N2O3. The molecule has 0 saturated carbocycles. The minimum atomic E-state index is -0.542. The van der Waals surface area contributed by atoms with E-state index in [9.17, 15) is 9.59 Å². The highest BCUT2D eigenvalue weighted by atomic mass is 16.5. The molecule has 2 rings (SSSR count). The number of ether oxygens (including phenoxy) is 1. The molecule has 2 unspecified atom stereocenters. The quantitative estimate of drug-likeness (QED) is 0.528. The third kappa shape index (κ3) is 7.74. The smallest absolute Gasteiger partial charge is 0.242 e. The molecule has 0 aromatic heterocycles. The standard InChI is InChI=1S/C26H36N2O3/c1-6-21(4)27-26(30)22(5)28(18-23-11-8-7-10-20(23)3)25(29)12-9-17-31-24-15-13-19(2)14-16-24/h7-8,10-11,13-16,21-22H,6,9,12,17-18H2,1-5H3,(H,27,30). The molecule has 0 radical (unpaired) electrons. The van der Waals surface area contributed by atoms with E-state index in [2.05, 4.69) is 5.32 Å². The minimum Gasteiger partial charge on any atom is -0.494 e. The molecule has 0 heterocycles. The summed E-state index contributed by atoms with van der Waals surface area (Å²) in [5, 5.41) is 3.00. The molecule has 0 aliphatic rings. The lowest BCUT2D eigenvalue weighted by Crippen LogP contribution is -2.49. The Morgan fingerprint density at radius 2 is 1.71 bits per heavy atom. The molecule has 0 aliphatic carbocycles. The molecule has 5 heteroatoms. The normalized spacial score (nSPS) is 12.7. The number of hydrogen-bond donors (Lipinski definition) is 1. The number of nitrogens with one attached hydrogen (secondary N) is 1. The van der Waals surface area contributed by atoms with E-state index in [0.29, 0.717) is 26.0 Å². The van der Waals surface area contributed by atoms with Crippen LogP contribution in [0.3, 0.4) is 0 Å². The van der Waals surface area contributed by atoms with Gasteiger partial charge in [-0.15, -0.1) is 0 Å². The van der Waals surface area contributed by atoms with Crippen LogP contribution >= 0.6 is 0 Å². The van der Waals surface area contributed by atoms with E-state index >= 15 is 0 Å². The Bertz CT molecular complexity index is 848. The summed E-state index contributed by atoms with van der Waals surface area (Å²) in [7, 11) is 0. The van der Waals surface area contributed by atoms with Gasteiger partial charge >= 0.3 is 0 Å². The van der Waals surface area contributed by atoms with Crippen LogP contribution in [0.15, 0.2) is 48.5 Å². The van der Waals surface area contributed by atoms with Crippen LogP contribution in [0, 0.1) is 13.8 Å². The third-order valence-corrected chi connectivity index (χ3v) is 5.59. The first kappa shape index (κ1) is 24.4. The molecule has 0 bridgehead atoms. The average molecular weight is 425 g/mol. The predicted octanol–water partition coefficient (Wildman–Crippen LogP) is 4.79. The van der Waals surface area contributed by atoms with Gasteiger partial charge in [0.2, 0.25) is 11.8 Å². The SMILES string of the molecule is CCC(C)NC(=O)C(C)N(Cc1ccccc1C)C(=O)CCCOc1ccc(C)cc1. The van der Waals surface area contributed by atoms with Crippen LogP contribution in [-0.4, -0.2) is 35.4 Å². The number of amides is 2.